The first-order valence-electron chi connectivity index (χ1n) is 4.96. The van der Waals surface area contributed by atoms with Crippen molar-refractivity contribution in [3.63, 3.8) is 0 Å². The molecule has 0 radical (unpaired) electrons. The summed E-state index contributed by atoms with van der Waals surface area (Å²) >= 11 is 0. The van der Waals surface area contributed by atoms with Gasteiger partial charge in [-0.05, 0) is 18.6 Å². The van der Waals surface area contributed by atoms with E-state index in [1.807, 2.05) is 36.3 Å². The lowest BCUT2D eigenvalue weighted by atomic mass is 10.2. The van der Waals surface area contributed by atoms with Crippen LogP contribution >= 0.6 is 0 Å². The normalized spacial score (nSPS) is 10.2. The van der Waals surface area contributed by atoms with E-state index in [-0.39, 0.29) is 0 Å². The molecule has 1 N–H and O–H groups in total. The Morgan fingerprint density at radius 2 is 2.27 bits per heavy atom. The Kier molecular flexibility index (Phi) is 2.97. The minimum absolute atomic E-state index is 0.890. The van der Waals surface area contributed by atoms with Gasteiger partial charge in [0.25, 0.3) is 0 Å². The van der Waals surface area contributed by atoms with Crippen LogP contribution in [0.25, 0.3) is 0 Å². The number of rotatable bonds is 4. The van der Waals surface area contributed by atoms with Crippen molar-refractivity contribution >= 4 is 5.69 Å². The molecular formula is C11H14N4. The van der Waals surface area contributed by atoms with E-state index in [1.54, 1.807) is 12.4 Å². The second kappa shape index (κ2) is 4.59. The first-order chi connectivity index (χ1) is 7.36. The fourth-order valence-corrected chi connectivity index (χ4v) is 1.41. The molecule has 0 atom stereocenters. The van der Waals surface area contributed by atoms with Crippen LogP contribution in [0.4, 0.5) is 5.69 Å². The second-order valence-electron chi connectivity index (χ2n) is 3.42. The molecule has 0 spiro atoms. The molecule has 0 aliphatic heterocycles. The monoisotopic (exact) mass is 202 g/mol. The van der Waals surface area contributed by atoms with E-state index in [1.165, 1.54) is 5.56 Å². The summed E-state index contributed by atoms with van der Waals surface area (Å²) in [5.74, 6) is 0. The van der Waals surface area contributed by atoms with E-state index in [4.69, 9.17) is 0 Å². The van der Waals surface area contributed by atoms with Gasteiger partial charge in [0.15, 0.2) is 0 Å². The van der Waals surface area contributed by atoms with Gasteiger partial charge >= 0.3 is 0 Å². The van der Waals surface area contributed by atoms with E-state index in [2.05, 4.69) is 15.3 Å². The lowest BCUT2D eigenvalue weighted by Crippen LogP contribution is -2.09. The third-order valence-electron chi connectivity index (χ3n) is 2.26. The molecular weight excluding hydrogens is 188 g/mol. The fourth-order valence-electron chi connectivity index (χ4n) is 1.41. The van der Waals surface area contributed by atoms with Crippen LogP contribution in [0.1, 0.15) is 5.56 Å². The van der Waals surface area contributed by atoms with Crippen LogP contribution in [-0.2, 0) is 6.54 Å². The number of nitrogens with zero attached hydrogens (tertiary/aromatic N) is 3. The summed E-state index contributed by atoms with van der Waals surface area (Å²) < 4.78 is 2.05. The van der Waals surface area contributed by atoms with E-state index >= 15 is 0 Å². The first-order valence-corrected chi connectivity index (χ1v) is 4.96. The zero-order valence-electron chi connectivity index (χ0n) is 8.72. The van der Waals surface area contributed by atoms with Crippen molar-refractivity contribution in [2.75, 3.05) is 11.9 Å². The standard InChI is InChI=1S/C11H14N4/c1-10-8-12-3-2-11(10)14-5-7-15-6-4-13-9-15/h2-4,6,8-9H,5,7H2,1H3,(H,12,14). The van der Waals surface area contributed by atoms with Gasteiger partial charge in [-0.2, -0.15) is 0 Å². The summed E-state index contributed by atoms with van der Waals surface area (Å²) in [6.45, 7) is 3.86. The van der Waals surface area contributed by atoms with Gasteiger partial charge in [0.05, 0.1) is 6.33 Å². The van der Waals surface area contributed by atoms with Crippen LogP contribution < -0.4 is 5.32 Å². The summed E-state index contributed by atoms with van der Waals surface area (Å²) in [6.07, 6.45) is 9.23. The number of hydrogen-bond acceptors (Lipinski definition) is 3. The maximum absolute atomic E-state index is 4.05. The molecule has 2 aromatic heterocycles. The van der Waals surface area contributed by atoms with Gasteiger partial charge in [0.2, 0.25) is 0 Å². The number of hydrogen-bond donors (Lipinski definition) is 1. The highest BCUT2D eigenvalue weighted by Crippen LogP contribution is 2.10. The Labute approximate surface area is 89.0 Å². The van der Waals surface area contributed by atoms with E-state index < -0.39 is 0 Å². The molecule has 0 aliphatic carbocycles. The number of aromatic nitrogens is 3. The Balaban J connectivity index is 1.86. The highest BCUT2D eigenvalue weighted by molar-refractivity contribution is 5.48. The molecule has 2 heterocycles. The van der Waals surface area contributed by atoms with Gasteiger partial charge in [-0.15, -0.1) is 0 Å². The van der Waals surface area contributed by atoms with Crippen molar-refractivity contribution < 1.29 is 0 Å². The molecule has 0 amide bonds. The van der Waals surface area contributed by atoms with E-state index in [9.17, 15) is 0 Å². The third-order valence-corrected chi connectivity index (χ3v) is 2.26. The Morgan fingerprint density at radius 3 is 3.00 bits per heavy atom. The number of imidazole rings is 1. The van der Waals surface area contributed by atoms with Crippen LogP contribution in [-0.4, -0.2) is 21.1 Å². The quantitative estimate of drug-likeness (QED) is 0.820. The van der Waals surface area contributed by atoms with Gasteiger partial charge in [0, 0.05) is 43.6 Å². The molecule has 0 aromatic carbocycles. The SMILES string of the molecule is Cc1cnccc1NCCn1ccnc1. The molecule has 0 fully saturated rings. The zero-order valence-corrected chi connectivity index (χ0v) is 8.72. The largest absolute Gasteiger partial charge is 0.383 e. The van der Waals surface area contributed by atoms with Crippen molar-refractivity contribution in [2.45, 2.75) is 13.5 Å². The summed E-state index contributed by atoms with van der Waals surface area (Å²) in [6, 6.07) is 1.99. The summed E-state index contributed by atoms with van der Waals surface area (Å²) in [7, 11) is 0. The molecule has 78 valence electrons. The molecule has 0 saturated carbocycles. The predicted octanol–water partition coefficient (Wildman–Crippen LogP) is 1.70. The Hall–Kier alpha value is -1.84. The molecule has 2 rings (SSSR count). The minimum Gasteiger partial charge on any atom is -0.383 e. The van der Waals surface area contributed by atoms with E-state index in [0.29, 0.717) is 0 Å². The Morgan fingerprint density at radius 1 is 1.33 bits per heavy atom. The van der Waals surface area contributed by atoms with E-state index in [0.717, 1.165) is 18.8 Å². The van der Waals surface area contributed by atoms with Crippen LogP contribution in [0.5, 0.6) is 0 Å². The lowest BCUT2D eigenvalue weighted by molar-refractivity contribution is 0.726. The average molecular weight is 202 g/mol. The average Bonchev–Trinajstić information content (AvgIpc) is 2.74. The van der Waals surface area contributed by atoms with Crippen LogP contribution in [0.3, 0.4) is 0 Å². The van der Waals surface area contributed by atoms with Gasteiger partial charge in [-0.1, -0.05) is 0 Å². The fraction of sp³-hybridized carbons (Fsp3) is 0.273. The number of anilines is 1. The summed E-state index contributed by atoms with van der Waals surface area (Å²) in [5.41, 5.74) is 2.31. The van der Waals surface area contributed by atoms with Crippen molar-refractivity contribution in [1.29, 1.82) is 0 Å². The van der Waals surface area contributed by atoms with Crippen LogP contribution in [0, 0.1) is 6.92 Å². The second-order valence-corrected chi connectivity index (χ2v) is 3.42. The smallest absolute Gasteiger partial charge is 0.0946 e. The molecule has 2 aromatic rings. The molecule has 0 unspecified atom stereocenters. The van der Waals surface area contributed by atoms with Gasteiger partial charge in [-0.25, -0.2) is 4.98 Å². The minimum atomic E-state index is 0.890. The number of pyridine rings is 1. The Bertz CT molecular complexity index is 408. The molecule has 4 nitrogen and oxygen atoms in total. The van der Waals surface area contributed by atoms with Gasteiger partial charge < -0.3 is 9.88 Å². The molecule has 15 heavy (non-hydrogen) atoms. The van der Waals surface area contributed by atoms with Gasteiger partial charge in [-0.3, -0.25) is 4.98 Å². The maximum Gasteiger partial charge on any atom is 0.0946 e. The highest BCUT2D eigenvalue weighted by Gasteiger charge is 1.95. The van der Waals surface area contributed by atoms with Crippen LogP contribution in [0.2, 0.25) is 0 Å². The lowest BCUT2D eigenvalue weighted by Gasteiger charge is -2.08. The topological polar surface area (TPSA) is 42.7 Å². The highest BCUT2D eigenvalue weighted by atomic mass is 15.0. The van der Waals surface area contributed by atoms with Crippen molar-refractivity contribution in [3.05, 3.63) is 42.7 Å². The molecule has 0 aliphatic rings. The van der Waals surface area contributed by atoms with Crippen molar-refractivity contribution in [2.24, 2.45) is 0 Å². The molecule has 0 saturated heterocycles. The summed E-state index contributed by atoms with van der Waals surface area (Å²) in [4.78, 5) is 8.04. The first kappa shape index (κ1) is 9.71. The zero-order chi connectivity index (χ0) is 10.5. The van der Waals surface area contributed by atoms with Crippen molar-refractivity contribution in [3.8, 4) is 0 Å². The molecule has 4 heteroatoms. The van der Waals surface area contributed by atoms with Gasteiger partial charge in [0.1, 0.15) is 0 Å². The predicted molar refractivity (Wildman–Crippen MR) is 59.7 cm³/mol. The third kappa shape index (κ3) is 2.56. The number of nitrogens with one attached hydrogen (secondary N) is 1. The van der Waals surface area contributed by atoms with Crippen molar-refractivity contribution in [1.82, 2.24) is 14.5 Å². The maximum atomic E-state index is 4.05. The summed E-state index contributed by atoms with van der Waals surface area (Å²) in [5, 5.41) is 3.36. The number of aryl methyl sites for hydroxylation is 1. The van der Waals surface area contributed by atoms with Crippen LogP contribution in [0.15, 0.2) is 37.2 Å². The molecule has 0 bridgehead atoms.